The maximum Gasteiger partial charge on any atom is 0.256 e. The second-order valence-electron chi connectivity index (χ2n) is 5.22. The van der Waals surface area contributed by atoms with Gasteiger partial charge in [0.05, 0.1) is 17.1 Å². The van der Waals surface area contributed by atoms with E-state index in [1.54, 1.807) is 0 Å². The third-order valence-electron chi connectivity index (χ3n) is 3.42. The fourth-order valence-corrected chi connectivity index (χ4v) is 2.21. The van der Waals surface area contributed by atoms with E-state index in [0.29, 0.717) is 5.56 Å². The number of nitrogens with one attached hydrogen (secondary N) is 3. The maximum atomic E-state index is 12.4. The Morgan fingerprint density at radius 3 is 2.62 bits per heavy atom. The summed E-state index contributed by atoms with van der Waals surface area (Å²) in [7, 11) is 0. The van der Waals surface area contributed by atoms with Gasteiger partial charge in [-0.3, -0.25) is 9.89 Å². The highest BCUT2D eigenvalue weighted by atomic mass is 16.1. The summed E-state index contributed by atoms with van der Waals surface area (Å²) in [5.41, 5.74) is 5.08. The summed E-state index contributed by atoms with van der Waals surface area (Å²) in [5.74, 6) is -0.109. The highest BCUT2D eigenvalue weighted by Gasteiger charge is 2.14. The zero-order valence-electron chi connectivity index (χ0n) is 13.0. The molecule has 0 spiro atoms. The fraction of sp³-hybridized carbons (Fsp3) is 0.375. The Labute approximate surface area is 125 Å². The van der Waals surface area contributed by atoms with Crippen LogP contribution in [0, 0.1) is 20.8 Å². The van der Waals surface area contributed by atoms with Gasteiger partial charge in [-0.2, -0.15) is 5.10 Å². The van der Waals surface area contributed by atoms with Crippen molar-refractivity contribution < 1.29 is 4.79 Å². The Morgan fingerprint density at radius 1 is 1.29 bits per heavy atom. The number of aromatic nitrogens is 2. The first-order chi connectivity index (χ1) is 10.0. The number of H-pyrrole nitrogens is 1. The van der Waals surface area contributed by atoms with Gasteiger partial charge in [-0.1, -0.05) is 6.92 Å². The van der Waals surface area contributed by atoms with Gasteiger partial charge in [0.2, 0.25) is 0 Å². The molecule has 5 nitrogen and oxygen atoms in total. The topological polar surface area (TPSA) is 69.8 Å². The molecule has 3 N–H and O–H groups in total. The largest absolute Gasteiger partial charge is 0.385 e. The minimum atomic E-state index is -0.109. The van der Waals surface area contributed by atoms with Crippen molar-refractivity contribution in [3.8, 4) is 0 Å². The second-order valence-corrected chi connectivity index (χ2v) is 5.22. The molecule has 0 unspecified atom stereocenters. The molecule has 1 heterocycles. The number of hydrogen-bond donors (Lipinski definition) is 3. The van der Waals surface area contributed by atoms with Gasteiger partial charge in [0.25, 0.3) is 5.91 Å². The summed E-state index contributed by atoms with van der Waals surface area (Å²) >= 11 is 0. The van der Waals surface area contributed by atoms with Crippen molar-refractivity contribution in [1.29, 1.82) is 0 Å². The van der Waals surface area contributed by atoms with Crippen molar-refractivity contribution in [2.24, 2.45) is 0 Å². The number of rotatable bonds is 5. The first kappa shape index (κ1) is 15.1. The van der Waals surface area contributed by atoms with Crippen molar-refractivity contribution in [3.63, 3.8) is 0 Å². The number of carbonyl (C=O) groups is 1. The van der Waals surface area contributed by atoms with Crippen LogP contribution < -0.4 is 10.6 Å². The Hall–Kier alpha value is -2.30. The van der Waals surface area contributed by atoms with Crippen molar-refractivity contribution in [3.05, 3.63) is 40.7 Å². The van der Waals surface area contributed by atoms with Gasteiger partial charge < -0.3 is 10.6 Å². The number of hydrogen-bond acceptors (Lipinski definition) is 3. The summed E-state index contributed by atoms with van der Waals surface area (Å²) in [6.45, 7) is 8.75. The van der Waals surface area contributed by atoms with Crippen molar-refractivity contribution in [2.75, 3.05) is 17.2 Å². The maximum absolute atomic E-state index is 12.4. The van der Waals surface area contributed by atoms with Crippen LogP contribution in [-0.4, -0.2) is 22.6 Å². The molecule has 0 aliphatic heterocycles. The molecule has 0 atom stereocenters. The molecular formula is C16H22N4O. The number of carbonyl (C=O) groups excluding carboxylic acids is 1. The molecule has 2 aromatic rings. The van der Waals surface area contributed by atoms with Crippen LogP contribution in [0.2, 0.25) is 0 Å². The lowest BCUT2D eigenvalue weighted by Gasteiger charge is -2.11. The zero-order chi connectivity index (χ0) is 15.4. The lowest BCUT2D eigenvalue weighted by molar-refractivity contribution is 0.102. The predicted octanol–water partition coefficient (Wildman–Crippen LogP) is 3.41. The molecule has 0 radical (unpaired) electrons. The minimum absolute atomic E-state index is 0.109. The van der Waals surface area contributed by atoms with E-state index in [2.05, 4.69) is 27.8 Å². The Balaban J connectivity index is 2.16. The standard InChI is InChI=1S/C16H22N4O/c1-5-8-17-13-6-7-14(10(2)9-13)16(21)18-15-11(3)19-20-12(15)4/h6-7,9,17H,5,8H2,1-4H3,(H,18,21)(H,19,20). The second kappa shape index (κ2) is 6.43. The van der Waals surface area contributed by atoms with E-state index in [-0.39, 0.29) is 5.91 Å². The van der Waals surface area contributed by atoms with E-state index in [4.69, 9.17) is 0 Å². The molecule has 2 rings (SSSR count). The monoisotopic (exact) mass is 286 g/mol. The Bertz CT molecular complexity index is 626. The molecule has 1 amide bonds. The summed E-state index contributed by atoms with van der Waals surface area (Å²) in [4.78, 5) is 12.4. The van der Waals surface area contributed by atoms with E-state index in [1.165, 1.54) is 0 Å². The highest BCUT2D eigenvalue weighted by Crippen LogP contribution is 2.20. The SMILES string of the molecule is CCCNc1ccc(C(=O)Nc2c(C)n[nH]c2C)c(C)c1. The van der Waals surface area contributed by atoms with E-state index in [9.17, 15) is 4.79 Å². The molecule has 0 aliphatic carbocycles. The first-order valence-electron chi connectivity index (χ1n) is 7.20. The van der Waals surface area contributed by atoms with Gasteiger partial charge >= 0.3 is 0 Å². The number of aryl methyl sites for hydroxylation is 3. The van der Waals surface area contributed by atoms with E-state index in [1.807, 2.05) is 39.0 Å². The molecule has 1 aromatic heterocycles. The van der Waals surface area contributed by atoms with Crippen molar-refractivity contribution >= 4 is 17.3 Å². The number of anilines is 2. The smallest absolute Gasteiger partial charge is 0.256 e. The summed E-state index contributed by atoms with van der Waals surface area (Å²) in [6, 6.07) is 5.79. The normalized spacial score (nSPS) is 10.5. The van der Waals surface area contributed by atoms with Crippen LogP contribution in [-0.2, 0) is 0 Å². The summed E-state index contributed by atoms with van der Waals surface area (Å²) in [5, 5.41) is 13.2. The first-order valence-corrected chi connectivity index (χ1v) is 7.20. The average molecular weight is 286 g/mol. The van der Waals surface area contributed by atoms with Crippen molar-refractivity contribution in [2.45, 2.75) is 34.1 Å². The molecule has 0 saturated carbocycles. The molecule has 0 bridgehead atoms. The molecule has 0 aliphatic rings. The minimum Gasteiger partial charge on any atom is -0.385 e. The van der Waals surface area contributed by atoms with Crippen LogP contribution in [0.1, 0.15) is 40.7 Å². The van der Waals surface area contributed by atoms with Crippen LogP contribution >= 0.6 is 0 Å². The van der Waals surface area contributed by atoms with Crippen LogP contribution in [0.3, 0.4) is 0 Å². The molecule has 0 saturated heterocycles. The van der Waals surface area contributed by atoms with Gasteiger partial charge in [-0.15, -0.1) is 0 Å². The predicted molar refractivity (Wildman–Crippen MR) is 86.0 cm³/mol. The Kier molecular flexibility index (Phi) is 4.62. The average Bonchev–Trinajstić information content (AvgIpc) is 2.77. The lowest BCUT2D eigenvalue weighted by Crippen LogP contribution is -2.14. The fourth-order valence-electron chi connectivity index (χ4n) is 2.21. The van der Waals surface area contributed by atoms with Gasteiger partial charge in [0.15, 0.2) is 0 Å². The van der Waals surface area contributed by atoms with Gasteiger partial charge in [-0.05, 0) is 51.0 Å². The van der Waals surface area contributed by atoms with Gasteiger partial charge in [0.1, 0.15) is 0 Å². The lowest BCUT2D eigenvalue weighted by atomic mass is 10.1. The Morgan fingerprint density at radius 2 is 2.05 bits per heavy atom. The quantitative estimate of drug-likeness (QED) is 0.789. The van der Waals surface area contributed by atoms with Crippen LogP contribution in [0.25, 0.3) is 0 Å². The van der Waals surface area contributed by atoms with Gasteiger partial charge in [-0.25, -0.2) is 0 Å². The van der Waals surface area contributed by atoms with Crippen LogP contribution in [0.15, 0.2) is 18.2 Å². The van der Waals surface area contributed by atoms with E-state index in [0.717, 1.165) is 41.3 Å². The molecule has 1 aromatic carbocycles. The van der Waals surface area contributed by atoms with Gasteiger partial charge in [0, 0.05) is 17.8 Å². The number of aromatic amines is 1. The molecule has 21 heavy (non-hydrogen) atoms. The summed E-state index contributed by atoms with van der Waals surface area (Å²) in [6.07, 6.45) is 1.07. The third-order valence-corrected chi connectivity index (χ3v) is 3.42. The van der Waals surface area contributed by atoms with E-state index >= 15 is 0 Å². The molecular weight excluding hydrogens is 264 g/mol. The summed E-state index contributed by atoms with van der Waals surface area (Å²) < 4.78 is 0. The molecule has 0 fully saturated rings. The number of amides is 1. The zero-order valence-corrected chi connectivity index (χ0v) is 13.0. The number of benzene rings is 1. The highest BCUT2D eigenvalue weighted by molar-refractivity contribution is 6.06. The van der Waals surface area contributed by atoms with Crippen LogP contribution in [0.5, 0.6) is 0 Å². The van der Waals surface area contributed by atoms with E-state index < -0.39 is 0 Å². The van der Waals surface area contributed by atoms with Crippen molar-refractivity contribution in [1.82, 2.24) is 10.2 Å². The number of nitrogens with zero attached hydrogens (tertiary/aromatic N) is 1. The molecule has 5 heteroatoms. The third kappa shape index (κ3) is 3.42. The van der Waals surface area contributed by atoms with Crippen LogP contribution in [0.4, 0.5) is 11.4 Å². The molecule has 112 valence electrons.